The van der Waals surface area contributed by atoms with Gasteiger partial charge in [-0.15, -0.1) is 0 Å². The molecule has 0 bridgehead atoms. The fourth-order valence-electron chi connectivity index (χ4n) is 1.98. The Labute approximate surface area is 98.9 Å². The van der Waals surface area contributed by atoms with Gasteiger partial charge in [-0.05, 0) is 33.6 Å². The second-order valence-electron chi connectivity index (χ2n) is 5.69. The normalized spacial score (nSPS) is 16.6. The van der Waals surface area contributed by atoms with Gasteiger partial charge in [-0.1, -0.05) is 0 Å². The molecule has 0 saturated heterocycles. The summed E-state index contributed by atoms with van der Waals surface area (Å²) in [5.74, 6) is 1.25. The summed E-state index contributed by atoms with van der Waals surface area (Å²) in [7, 11) is 0. The van der Waals surface area contributed by atoms with Crippen LogP contribution in [0.1, 0.15) is 45.4 Å². The maximum atomic E-state index is 11.9. The molecule has 1 N–H and O–H groups in total. The summed E-state index contributed by atoms with van der Waals surface area (Å²) in [6.45, 7) is 6.16. The third-order valence-electron chi connectivity index (χ3n) is 3.06. The zero-order chi connectivity index (χ0) is 12.2. The first kappa shape index (κ1) is 10.5. The molecule has 1 aliphatic carbocycles. The number of fused-ring (bicyclic) bond motifs is 1. The van der Waals surface area contributed by atoms with Gasteiger partial charge in [-0.25, -0.2) is 9.67 Å². The average molecular weight is 232 g/mol. The van der Waals surface area contributed by atoms with E-state index in [1.54, 1.807) is 6.20 Å². The molecule has 0 atom stereocenters. The fourth-order valence-corrected chi connectivity index (χ4v) is 1.98. The molecule has 0 aliphatic heterocycles. The Morgan fingerprint density at radius 3 is 2.71 bits per heavy atom. The van der Waals surface area contributed by atoms with Crippen LogP contribution in [0.2, 0.25) is 0 Å². The summed E-state index contributed by atoms with van der Waals surface area (Å²) in [4.78, 5) is 19.3. The molecular weight excluding hydrogens is 216 g/mol. The zero-order valence-electron chi connectivity index (χ0n) is 10.3. The molecule has 1 saturated carbocycles. The van der Waals surface area contributed by atoms with E-state index in [-0.39, 0.29) is 11.1 Å². The van der Waals surface area contributed by atoms with Gasteiger partial charge in [0.1, 0.15) is 11.2 Å². The van der Waals surface area contributed by atoms with Gasteiger partial charge in [0.05, 0.1) is 11.7 Å². The van der Waals surface area contributed by atoms with E-state index in [2.05, 4.69) is 35.8 Å². The Morgan fingerprint density at radius 2 is 2.12 bits per heavy atom. The van der Waals surface area contributed by atoms with Crippen molar-refractivity contribution in [3.05, 3.63) is 22.4 Å². The van der Waals surface area contributed by atoms with Gasteiger partial charge in [0.15, 0.2) is 5.65 Å². The zero-order valence-corrected chi connectivity index (χ0v) is 10.3. The van der Waals surface area contributed by atoms with Gasteiger partial charge in [0.2, 0.25) is 0 Å². The van der Waals surface area contributed by atoms with Crippen LogP contribution >= 0.6 is 0 Å². The Kier molecular flexibility index (Phi) is 1.97. The first-order valence-corrected chi connectivity index (χ1v) is 5.95. The summed E-state index contributed by atoms with van der Waals surface area (Å²) in [5, 5.41) is 4.86. The third-order valence-corrected chi connectivity index (χ3v) is 3.06. The summed E-state index contributed by atoms with van der Waals surface area (Å²) >= 11 is 0. The molecular formula is C12H16N4O. The molecule has 5 nitrogen and oxygen atoms in total. The molecule has 0 spiro atoms. The second-order valence-corrected chi connectivity index (χ2v) is 5.69. The highest BCUT2D eigenvalue weighted by Gasteiger charge is 2.28. The molecule has 0 radical (unpaired) electrons. The maximum absolute atomic E-state index is 11.9. The van der Waals surface area contributed by atoms with Gasteiger partial charge < -0.3 is 4.98 Å². The van der Waals surface area contributed by atoms with Crippen LogP contribution in [0.25, 0.3) is 11.0 Å². The quantitative estimate of drug-likeness (QED) is 0.814. The Bertz CT molecular complexity index is 628. The van der Waals surface area contributed by atoms with E-state index >= 15 is 0 Å². The van der Waals surface area contributed by atoms with Crippen molar-refractivity contribution in [3.8, 4) is 0 Å². The highest BCUT2D eigenvalue weighted by Crippen LogP contribution is 2.37. The van der Waals surface area contributed by atoms with Crippen LogP contribution in [0.3, 0.4) is 0 Å². The van der Waals surface area contributed by atoms with Gasteiger partial charge in [-0.3, -0.25) is 4.79 Å². The van der Waals surface area contributed by atoms with Crippen LogP contribution in [-0.4, -0.2) is 19.7 Å². The largest absolute Gasteiger partial charge is 0.310 e. The number of rotatable bonds is 1. The van der Waals surface area contributed by atoms with Crippen molar-refractivity contribution in [2.75, 3.05) is 0 Å². The molecule has 5 heteroatoms. The van der Waals surface area contributed by atoms with E-state index in [0.29, 0.717) is 17.0 Å². The number of H-pyrrole nitrogens is 1. The minimum Gasteiger partial charge on any atom is -0.310 e. The molecule has 90 valence electrons. The van der Waals surface area contributed by atoms with Gasteiger partial charge >= 0.3 is 0 Å². The fraction of sp³-hybridized carbons (Fsp3) is 0.583. The lowest BCUT2D eigenvalue weighted by Gasteiger charge is -2.19. The summed E-state index contributed by atoms with van der Waals surface area (Å²) in [6, 6.07) is 0. The minimum absolute atomic E-state index is 0.0765. The van der Waals surface area contributed by atoms with Crippen molar-refractivity contribution < 1.29 is 0 Å². The predicted octanol–water partition coefficient (Wildman–Crippen LogP) is 1.75. The molecule has 17 heavy (non-hydrogen) atoms. The van der Waals surface area contributed by atoms with Gasteiger partial charge in [-0.2, -0.15) is 5.10 Å². The topological polar surface area (TPSA) is 63.6 Å². The van der Waals surface area contributed by atoms with Crippen LogP contribution in [0, 0.1) is 0 Å². The Hall–Kier alpha value is -1.65. The third kappa shape index (κ3) is 1.66. The molecule has 0 aromatic carbocycles. The van der Waals surface area contributed by atoms with Gasteiger partial charge in [0.25, 0.3) is 5.56 Å². The van der Waals surface area contributed by atoms with E-state index in [1.807, 2.05) is 4.68 Å². The van der Waals surface area contributed by atoms with E-state index in [1.165, 1.54) is 0 Å². The van der Waals surface area contributed by atoms with Crippen LogP contribution in [0.4, 0.5) is 0 Å². The standard InChI is InChI=1S/C12H16N4O/c1-12(2,3)16-10-8(6-13-16)11(17)15-9(14-10)7-4-5-7/h6-7H,4-5H2,1-3H3,(H,14,15,17). The molecule has 1 fully saturated rings. The minimum atomic E-state index is -0.163. The molecule has 2 aromatic heterocycles. The second kappa shape index (κ2) is 3.18. The number of aromatic amines is 1. The SMILES string of the molecule is CC(C)(C)n1ncc2c(=O)[nH]c(C3CC3)nc21. The summed E-state index contributed by atoms with van der Waals surface area (Å²) in [6.07, 6.45) is 3.85. The molecule has 2 aromatic rings. The molecule has 2 heterocycles. The summed E-state index contributed by atoms with van der Waals surface area (Å²) < 4.78 is 1.82. The monoisotopic (exact) mass is 232 g/mol. The predicted molar refractivity (Wildman–Crippen MR) is 65.1 cm³/mol. The first-order chi connectivity index (χ1) is 7.97. The van der Waals surface area contributed by atoms with Crippen LogP contribution in [0.5, 0.6) is 0 Å². The molecule has 3 rings (SSSR count). The maximum Gasteiger partial charge on any atom is 0.262 e. The van der Waals surface area contributed by atoms with Crippen molar-refractivity contribution in [2.45, 2.75) is 45.1 Å². The lowest BCUT2D eigenvalue weighted by molar-refractivity contribution is 0.365. The lowest BCUT2D eigenvalue weighted by Crippen LogP contribution is -2.24. The van der Waals surface area contributed by atoms with Crippen LogP contribution in [-0.2, 0) is 5.54 Å². The van der Waals surface area contributed by atoms with Crippen LogP contribution < -0.4 is 5.56 Å². The highest BCUT2D eigenvalue weighted by atomic mass is 16.1. The number of hydrogen-bond acceptors (Lipinski definition) is 3. The average Bonchev–Trinajstić information content (AvgIpc) is 2.96. The van der Waals surface area contributed by atoms with Crippen molar-refractivity contribution in [1.29, 1.82) is 0 Å². The molecule has 0 unspecified atom stereocenters. The lowest BCUT2D eigenvalue weighted by atomic mass is 10.1. The number of nitrogens with zero attached hydrogens (tertiary/aromatic N) is 3. The Morgan fingerprint density at radius 1 is 1.41 bits per heavy atom. The van der Waals surface area contributed by atoms with Crippen molar-refractivity contribution >= 4 is 11.0 Å². The number of aromatic nitrogens is 4. The van der Waals surface area contributed by atoms with E-state index in [9.17, 15) is 4.79 Å². The van der Waals surface area contributed by atoms with Crippen molar-refractivity contribution in [2.24, 2.45) is 0 Å². The molecule has 1 aliphatic rings. The van der Waals surface area contributed by atoms with Crippen LogP contribution in [0.15, 0.2) is 11.0 Å². The first-order valence-electron chi connectivity index (χ1n) is 5.95. The van der Waals surface area contributed by atoms with Crippen molar-refractivity contribution in [1.82, 2.24) is 19.7 Å². The number of hydrogen-bond donors (Lipinski definition) is 1. The van der Waals surface area contributed by atoms with Gasteiger partial charge in [0, 0.05) is 5.92 Å². The smallest absolute Gasteiger partial charge is 0.262 e. The van der Waals surface area contributed by atoms with E-state index < -0.39 is 0 Å². The molecule has 0 amide bonds. The van der Waals surface area contributed by atoms with E-state index in [4.69, 9.17) is 0 Å². The summed E-state index contributed by atoms with van der Waals surface area (Å²) in [5.41, 5.74) is 0.458. The Balaban J connectivity index is 2.29. The highest BCUT2D eigenvalue weighted by molar-refractivity contribution is 5.73. The van der Waals surface area contributed by atoms with E-state index in [0.717, 1.165) is 18.7 Å². The van der Waals surface area contributed by atoms with Crippen molar-refractivity contribution in [3.63, 3.8) is 0 Å². The number of nitrogens with one attached hydrogen (secondary N) is 1.